The Morgan fingerprint density at radius 2 is 2.16 bits per heavy atom. The zero-order valence-electron chi connectivity index (χ0n) is 10.8. The molecule has 2 heterocycles. The van der Waals surface area contributed by atoms with Crippen molar-refractivity contribution in [3.63, 3.8) is 0 Å². The zero-order chi connectivity index (χ0) is 13.7. The lowest BCUT2D eigenvalue weighted by Crippen LogP contribution is -2.31. The Bertz CT molecular complexity index is 519. The van der Waals surface area contributed by atoms with Crippen molar-refractivity contribution in [2.24, 2.45) is 5.84 Å². The summed E-state index contributed by atoms with van der Waals surface area (Å²) < 4.78 is 10.5. The third-order valence-electron chi connectivity index (χ3n) is 2.88. The van der Waals surface area contributed by atoms with Crippen molar-refractivity contribution in [2.75, 3.05) is 6.54 Å². The number of nitrogens with two attached hydrogens (primary N) is 1. The number of nitrogen functional groups attached to an aromatic ring is 1. The van der Waals surface area contributed by atoms with Gasteiger partial charge in [0.1, 0.15) is 5.76 Å². The molecule has 0 aliphatic heterocycles. The van der Waals surface area contributed by atoms with Crippen LogP contribution in [0.15, 0.2) is 39.6 Å². The van der Waals surface area contributed by atoms with Crippen molar-refractivity contribution in [1.82, 2.24) is 10.3 Å². The molecule has 2 aromatic rings. The number of rotatable bonds is 6. The number of hydrogen-bond donors (Lipinski definition) is 2. The SMILES string of the molecule is CCN(Cc1ccco1)Cc1ccoc1C(=O)NN. The number of nitrogens with one attached hydrogen (secondary N) is 1. The van der Waals surface area contributed by atoms with Crippen molar-refractivity contribution in [2.45, 2.75) is 20.0 Å². The van der Waals surface area contributed by atoms with Crippen LogP contribution in [0.5, 0.6) is 0 Å². The zero-order valence-corrected chi connectivity index (χ0v) is 10.8. The number of carbonyl (C=O) groups is 1. The van der Waals surface area contributed by atoms with Crippen LogP contribution >= 0.6 is 0 Å². The molecule has 0 saturated heterocycles. The smallest absolute Gasteiger partial charge is 0.301 e. The van der Waals surface area contributed by atoms with Gasteiger partial charge in [0.2, 0.25) is 0 Å². The molecule has 0 bridgehead atoms. The molecule has 3 N–H and O–H groups in total. The van der Waals surface area contributed by atoms with Crippen LogP contribution in [-0.2, 0) is 13.1 Å². The fraction of sp³-hybridized carbons (Fsp3) is 0.308. The molecule has 0 atom stereocenters. The van der Waals surface area contributed by atoms with Crippen LogP contribution in [0.25, 0.3) is 0 Å². The van der Waals surface area contributed by atoms with E-state index in [2.05, 4.69) is 10.3 Å². The highest BCUT2D eigenvalue weighted by Crippen LogP contribution is 2.15. The first-order valence-corrected chi connectivity index (χ1v) is 6.06. The van der Waals surface area contributed by atoms with E-state index in [0.29, 0.717) is 13.1 Å². The van der Waals surface area contributed by atoms with Gasteiger partial charge < -0.3 is 8.83 Å². The molecule has 0 spiro atoms. The van der Waals surface area contributed by atoms with Gasteiger partial charge in [0, 0.05) is 12.1 Å². The molecule has 19 heavy (non-hydrogen) atoms. The average Bonchev–Trinajstić information content (AvgIpc) is 3.08. The Balaban J connectivity index is 2.06. The Morgan fingerprint density at radius 1 is 1.32 bits per heavy atom. The van der Waals surface area contributed by atoms with E-state index in [0.717, 1.165) is 17.9 Å². The third-order valence-corrected chi connectivity index (χ3v) is 2.88. The predicted molar refractivity (Wildman–Crippen MR) is 68.9 cm³/mol. The molecule has 0 unspecified atom stereocenters. The van der Waals surface area contributed by atoms with Crippen molar-refractivity contribution in [3.8, 4) is 0 Å². The second-order valence-corrected chi connectivity index (χ2v) is 4.13. The number of hydrazine groups is 1. The lowest BCUT2D eigenvalue weighted by Gasteiger charge is -2.18. The van der Waals surface area contributed by atoms with E-state index in [1.54, 1.807) is 12.3 Å². The quantitative estimate of drug-likeness (QED) is 0.468. The van der Waals surface area contributed by atoms with Crippen LogP contribution in [0.1, 0.15) is 28.8 Å². The number of hydrogen-bond acceptors (Lipinski definition) is 5. The minimum atomic E-state index is -0.422. The Morgan fingerprint density at radius 3 is 2.79 bits per heavy atom. The fourth-order valence-electron chi connectivity index (χ4n) is 1.87. The maximum absolute atomic E-state index is 11.5. The summed E-state index contributed by atoms with van der Waals surface area (Å²) in [6.07, 6.45) is 3.13. The highest BCUT2D eigenvalue weighted by molar-refractivity contribution is 5.92. The van der Waals surface area contributed by atoms with Crippen molar-refractivity contribution >= 4 is 5.91 Å². The maximum Gasteiger partial charge on any atom is 0.301 e. The average molecular weight is 263 g/mol. The topological polar surface area (TPSA) is 84.6 Å². The number of amides is 1. The Labute approximate surface area is 111 Å². The predicted octanol–water partition coefficient (Wildman–Crippen LogP) is 1.50. The monoisotopic (exact) mass is 263 g/mol. The molecular weight excluding hydrogens is 246 g/mol. The molecule has 2 rings (SSSR count). The summed E-state index contributed by atoms with van der Waals surface area (Å²) in [6.45, 7) is 4.15. The van der Waals surface area contributed by atoms with E-state index in [9.17, 15) is 4.79 Å². The van der Waals surface area contributed by atoms with Crippen LogP contribution in [-0.4, -0.2) is 17.4 Å². The summed E-state index contributed by atoms with van der Waals surface area (Å²) in [4.78, 5) is 13.7. The molecule has 0 aliphatic rings. The molecule has 0 saturated carbocycles. The van der Waals surface area contributed by atoms with E-state index < -0.39 is 5.91 Å². The molecule has 6 heteroatoms. The summed E-state index contributed by atoms with van der Waals surface area (Å²) in [5.74, 6) is 5.83. The van der Waals surface area contributed by atoms with Gasteiger partial charge in [-0.1, -0.05) is 6.92 Å². The normalized spacial score (nSPS) is 10.9. The summed E-state index contributed by atoms with van der Waals surface area (Å²) in [7, 11) is 0. The van der Waals surface area contributed by atoms with Crippen molar-refractivity contribution < 1.29 is 13.6 Å². The minimum absolute atomic E-state index is 0.250. The summed E-state index contributed by atoms with van der Waals surface area (Å²) >= 11 is 0. The highest BCUT2D eigenvalue weighted by atomic mass is 16.3. The number of furan rings is 2. The number of nitrogens with zero attached hydrogens (tertiary/aromatic N) is 1. The van der Waals surface area contributed by atoms with Gasteiger partial charge in [0.15, 0.2) is 5.76 Å². The van der Waals surface area contributed by atoms with Gasteiger partial charge in [-0.2, -0.15) is 0 Å². The van der Waals surface area contributed by atoms with E-state index >= 15 is 0 Å². The lowest BCUT2D eigenvalue weighted by molar-refractivity contribution is 0.0923. The van der Waals surface area contributed by atoms with Gasteiger partial charge in [-0.15, -0.1) is 0 Å². The van der Waals surface area contributed by atoms with Crippen molar-refractivity contribution in [3.05, 3.63) is 47.8 Å². The van der Waals surface area contributed by atoms with Crippen LogP contribution in [0.4, 0.5) is 0 Å². The largest absolute Gasteiger partial charge is 0.468 e. The first kappa shape index (κ1) is 13.4. The molecule has 0 fully saturated rings. The van der Waals surface area contributed by atoms with Gasteiger partial charge >= 0.3 is 5.91 Å². The molecular formula is C13H17N3O3. The first-order chi connectivity index (χ1) is 9.24. The summed E-state index contributed by atoms with van der Waals surface area (Å²) in [5.41, 5.74) is 2.88. The van der Waals surface area contributed by atoms with E-state index in [-0.39, 0.29) is 5.76 Å². The standard InChI is InChI=1S/C13H17N3O3/c1-2-16(9-11-4-3-6-18-11)8-10-5-7-19-12(10)13(17)15-14/h3-7H,2,8-9,14H2,1H3,(H,15,17). The van der Waals surface area contributed by atoms with Crippen molar-refractivity contribution in [1.29, 1.82) is 0 Å². The van der Waals surface area contributed by atoms with Crippen LogP contribution in [0, 0.1) is 0 Å². The second kappa shape index (κ2) is 6.21. The van der Waals surface area contributed by atoms with E-state index in [1.165, 1.54) is 6.26 Å². The van der Waals surface area contributed by atoms with Gasteiger partial charge in [0.25, 0.3) is 0 Å². The Hall–Kier alpha value is -2.05. The fourth-order valence-corrected chi connectivity index (χ4v) is 1.87. The van der Waals surface area contributed by atoms with E-state index in [4.69, 9.17) is 14.7 Å². The molecule has 0 aliphatic carbocycles. The molecule has 2 aromatic heterocycles. The molecule has 102 valence electrons. The van der Waals surface area contributed by atoms with Gasteiger partial charge in [-0.25, -0.2) is 5.84 Å². The van der Waals surface area contributed by atoms with Crippen LogP contribution < -0.4 is 11.3 Å². The summed E-state index contributed by atoms with van der Waals surface area (Å²) in [5, 5.41) is 0. The molecule has 1 amide bonds. The highest BCUT2D eigenvalue weighted by Gasteiger charge is 2.16. The third kappa shape index (κ3) is 3.24. The molecule has 0 aromatic carbocycles. The minimum Gasteiger partial charge on any atom is -0.468 e. The molecule has 0 radical (unpaired) electrons. The van der Waals surface area contributed by atoms with Gasteiger partial charge in [-0.05, 0) is 24.7 Å². The number of carbonyl (C=O) groups excluding carboxylic acids is 1. The molecule has 6 nitrogen and oxygen atoms in total. The van der Waals surface area contributed by atoms with Gasteiger partial charge in [0.05, 0.1) is 19.1 Å². The second-order valence-electron chi connectivity index (χ2n) is 4.13. The maximum atomic E-state index is 11.5. The first-order valence-electron chi connectivity index (χ1n) is 6.06. The van der Waals surface area contributed by atoms with Crippen LogP contribution in [0.2, 0.25) is 0 Å². The Kier molecular flexibility index (Phi) is 4.38. The summed E-state index contributed by atoms with van der Waals surface area (Å²) in [6, 6.07) is 5.55. The lowest BCUT2D eigenvalue weighted by atomic mass is 10.2. The van der Waals surface area contributed by atoms with Gasteiger partial charge in [-0.3, -0.25) is 15.1 Å². The van der Waals surface area contributed by atoms with E-state index in [1.807, 2.05) is 19.1 Å². The van der Waals surface area contributed by atoms with Crippen LogP contribution in [0.3, 0.4) is 0 Å².